The van der Waals surface area contributed by atoms with Gasteiger partial charge in [0.15, 0.2) is 0 Å². The van der Waals surface area contributed by atoms with Crippen molar-refractivity contribution in [2.45, 2.75) is 46.6 Å². The Bertz CT molecular complexity index is 411. The summed E-state index contributed by atoms with van der Waals surface area (Å²) in [6.07, 6.45) is 4.12. The SMILES string of the molecule is CCc1cc(CC)c(CO)c(CC)c1C=NO. The van der Waals surface area contributed by atoms with Crippen molar-refractivity contribution in [1.29, 1.82) is 0 Å². The Hall–Kier alpha value is -1.35. The molecule has 0 atom stereocenters. The van der Waals surface area contributed by atoms with Gasteiger partial charge in [0.2, 0.25) is 0 Å². The van der Waals surface area contributed by atoms with Crippen molar-refractivity contribution in [1.82, 2.24) is 0 Å². The molecule has 3 nitrogen and oxygen atoms in total. The summed E-state index contributed by atoms with van der Waals surface area (Å²) in [7, 11) is 0. The third kappa shape index (κ3) is 2.67. The van der Waals surface area contributed by atoms with E-state index >= 15 is 0 Å². The van der Waals surface area contributed by atoms with Gasteiger partial charge >= 0.3 is 0 Å². The Labute approximate surface area is 103 Å². The summed E-state index contributed by atoms with van der Waals surface area (Å²) < 4.78 is 0. The highest BCUT2D eigenvalue weighted by atomic mass is 16.4. The van der Waals surface area contributed by atoms with Gasteiger partial charge in [-0.2, -0.15) is 0 Å². The third-order valence-electron chi connectivity index (χ3n) is 3.23. The van der Waals surface area contributed by atoms with Gasteiger partial charge in [-0.15, -0.1) is 0 Å². The fourth-order valence-electron chi connectivity index (χ4n) is 2.35. The molecule has 0 aromatic heterocycles. The van der Waals surface area contributed by atoms with Gasteiger partial charge in [-0.3, -0.25) is 0 Å². The Balaban J connectivity index is 3.55. The average Bonchev–Trinajstić information content (AvgIpc) is 2.37. The van der Waals surface area contributed by atoms with E-state index in [0.717, 1.165) is 36.0 Å². The summed E-state index contributed by atoms with van der Waals surface area (Å²) in [4.78, 5) is 0. The normalized spacial score (nSPS) is 11.3. The van der Waals surface area contributed by atoms with Crippen LogP contribution < -0.4 is 0 Å². The van der Waals surface area contributed by atoms with Crippen LogP contribution in [0.5, 0.6) is 0 Å². The second-order valence-corrected chi connectivity index (χ2v) is 4.03. The summed E-state index contributed by atoms with van der Waals surface area (Å²) in [5.41, 5.74) is 5.41. The number of benzene rings is 1. The van der Waals surface area contributed by atoms with Gasteiger partial charge in [-0.05, 0) is 41.5 Å². The van der Waals surface area contributed by atoms with Gasteiger partial charge in [-0.1, -0.05) is 32.0 Å². The molecule has 0 saturated carbocycles. The maximum absolute atomic E-state index is 9.51. The van der Waals surface area contributed by atoms with E-state index in [-0.39, 0.29) is 6.61 Å². The molecule has 94 valence electrons. The van der Waals surface area contributed by atoms with Crippen LogP contribution in [0.25, 0.3) is 0 Å². The maximum atomic E-state index is 9.51. The molecule has 0 aliphatic carbocycles. The number of rotatable bonds is 5. The largest absolute Gasteiger partial charge is 0.411 e. The molecule has 17 heavy (non-hydrogen) atoms. The first-order valence-electron chi connectivity index (χ1n) is 6.18. The first kappa shape index (κ1) is 13.7. The van der Waals surface area contributed by atoms with Crippen molar-refractivity contribution in [2.24, 2.45) is 5.16 Å². The van der Waals surface area contributed by atoms with Crippen LogP contribution in [0.3, 0.4) is 0 Å². The molecule has 0 amide bonds. The molecule has 0 aliphatic heterocycles. The molecule has 0 fully saturated rings. The minimum atomic E-state index is 0.0443. The van der Waals surface area contributed by atoms with Gasteiger partial charge in [0.05, 0.1) is 12.8 Å². The van der Waals surface area contributed by atoms with E-state index in [1.54, 1.807) is 0 Å². The average molecular weight is 235 g/mol. The highest BCUT2D eigenvalue weighted by Gasteiger charge is 2.13. The first-order valence-corrected chi connectivity index (χ1v) is 6.18. The van der Waals surface area contributed by atoms with Crippen molar-refractivity contribution >= 4 is 6.21 Å². The molecule has 0 unspecified atom stereocenters. The van der Waals surface area contributed by atoms with Crippen LogP contribution in [-0.4, -0.2) is 16.5 Å². The molecule has 0 radical (unpaired) electrons. The zero-order valence-electron chi connectivity index (χ0n) is 10.8. The Morgan fingerprint density at radius 2 is 1.71 bits per heavy atom. The number of aliphatic hydroxyl groups is 1. The van der Waals surface area contributed by atoms with Gasteiger partial charge in [0, 0.05) is 5.56 Å². The molecule has 1 aromatic carbocycles. The van der Waals surface area contributed by atoms with Gasteiger partial charge in [0.25, 0.3) is 0 Å². The first-order chi connectivity index (χ1) is 8.23. The topological polar surface area (TPSA) is 52.8 Å². The Morgan fingerprint density at radius 1 is 1.06 bits per heavy atom. The fraction of sp³-hybridized carbons (Fsp3) is 0.500. The molecule has 3 heteroatoms. The van der Waals surface area contributed by atoms with E-state index < -0.39 is 0 Å². The minimum absolute atomic E-state index is 0.0443. The highest BCUT2D eigenvalue weighted by Crippen LogP contribution is 2.24. The second-order valence-electron chi connectivity index (χ2n) is 4.03. The molecular weight excluding hydrogens is 214 g/mol. The van der Waals surface area contributed by atoms with E-state index in [9.17, 15) is 5.11 Å². The molecule has 0 bridgehead atoms. The molecule has 2 N–H and O–H groups in total. The van der Waals surface area contributed by atoms with Gasteiger partial charge in [-0.25, -0.2) is 0 Å². The third-order valence-corrected chi connectivity index (χ3v) is 3.23. The zero-order valence-corrected chi connectivity index (χ0v) is 10.8. The number of aliphatic hydroxyl groups excluding tert-OH is 1. The summed E-state index contributed by atoms with van der Waals surface area (Å²) in [5.74, 6) is 0. The van der Waals surface area contributed by atoms with E-state index in [1.807, 2.05) is 0 Å². The Kier molecular flexibility index (Phi) is 5.16. The molecule has 0 aliphatic rings. The van der Waals surface area contributed by atoms with E-state index in [1.165, 1.54) is 17.3 Å². The van der Waals surface area contributed by atoms with Gasteiger partial charge < -0.3 is 10.3 Å². The standard InChI is InChI=1S/C14H21NO2/c1-4-10-7-11(5-2)14(9-16)12(6-3)13(10)8-15-17/h7-8,16-17H,4-6,9H2,1-3H3. The van der Waals surface area contributed by atoms with Crippen LogP contribution in [0.4, 0.5) is 0 Å². The summed E-state index contributed by atoms with van der Waals surface area (Å²) in [5, 5.41) is 21.4. The van der Waals surface area contributed by atoms with E-state index in [4.69, 9.17) is 5.21 Å². The van der Waals surface area contributed by atoms with Crippen molar-refractivity contribution in [2.75, 3.05) is 0 Å². The highest BCUT2D eigenvalue weighted by molar-refractivity contribution is 5.84. The van der Waals surface area contributed by atoms with Crippen LogP contribution in [0.1, 0.15) is 48.6 Å². The summed E-state index contributed by atoms with van der Waals surface area (Å²) in [6.45, 7) is 6.28. The lowest BCUT2D eigenvalue weighted by Gasteiger charge is -2.17. The smallest absolute Gasteiger partial charge is 0.0739 e. The predicted molar refractivity (Wildman–Crippen MR) is 69.9 cm³/mol. The predicted octanol–water partition coefficient (Wildman–Crippen LogP) is 2.67. The number of aryl methyl sites for hydroxylation is 2. The van der Waals surface area contributed by atoms with Crippen molar-refractivity contribution < 1.29 is 10.3 Å². The molecule has 0 saturated heterocycles. The number of nitrogens with zero attached hydrogens (tertiary/aromatic N) is 1. The van der Waals surface area contributed by atoms with Crippen LogP contribution >= 0.6 is 0 Å². The molecule has 0 heterocycles. The van der Waals surface area contributed by atoms with Crippen LogP contribution in [-0.2, 0) is 25.9 Å². The lowest BCUT2D eigenvalue weighted by molar-refractivity contribution is 0.279. The lowest BCUT2D eigenvalue weighted by atomic mass is 9.89. The van der Waals surface area contributed by atoms with Crippen LogP contribution in [0.2, 0.25) is 0 Å². The van der Waals surface area contributed by atoms with Gasteiger partial charge in [0.1, 0.15) is 0 Å². The van der Waals surface area contributed by atoms with Crippen LogP contribution in [0.15, 0.2) is 11.2 Å². The molecular formula is C14H21NO2. The lowest BCUT2D eigenvalue weighted by Crippen LogP contribution is -2.07. The minimum Gasteiger partial charge on any atom is -0.411 e. The Morgan fingerprint density at radius 3 is 2.12 bits per heavy atom. The zero-order chi connectivity index (χ0) is 12.8. The second kappa shape index (κ2) is 6.40. The molecule has 1 aromatic rings. The van der Waals surface area contributed by atoms with E-state index in [2.05, 4.69) is 32.0 Å². The number of hydrogen-bond acceptors (Lipinski definition) is 3. The maximum Gasteiger partial charge on any atom is 0.0739 e. The van der Waals surface area contributed by atoms with Crippen LogP contribution in [0, 0.1) is 0 Å². The summed E-state index contributed by atoms with van der Waals surface area (Å²) >= 11 is 0. The number of hydrogen-bond donors (Lipinski definition) is 2. The van der Waals surface area contributed by atoms with E-state index in [0.29, 0.717) is 0 Å². The van der Waals surface area contributed by atoms with Crippen molar-refractivity contribution in [3.63, 3.8) is 0 Å². The fourth-order valence-corrected chi connectivity index (χ4v) is 2.35. The van der Waals surface area contributed by atoms with Crippen molar-refractivity contribution in [3.8, 4) is 0 Å². The molecule has 0 spiro atoms. The quantitative estimate of drug-likeness (QED) is 0.468. The monoisotopic (exact) mass is 235 g/mol. The number of oxime groups is 1. The van der Waals surface area contributed by atoms with Crippen molar-refractivity contribution in [3.05, 3.63) is 33.9 Å². The summed E-state index contributed by atoms with van der Waals surface area (Å²) in [6, 6.07) is 2.11. The molecule has 1 rings (SSSR count).